The molecule has 0 aliphatic heterocycles. The van der Waals surface area contributed by atoms with Crippen LogP contribution in [0.2, 0.25) is 5.02 Å². The normalized spacial score (nSPS) is 11.9. The van der Waals surface area contributed by atoms with Crippen molar-refractivity contribution in [3.05, 3.63) is 89.2 Å². The van der Waals surface area contributed by atoms with E-state index in [1.807, 2.05) is 0 Å². The zero-order valence-electron chi connectivity index (χ0n) is 21.9. The standard InChI is InChI=1S/C28H31ClFN3O5S/c1-4-26(28(35)31-5-2)32(18-20-8-6-7-9-25(20)29)27(34)19-33(22-12-10-21(30)11-13-22)39(36,37)24-16-14-23(38-3)15-17-24/h6-17,26H,4-5,18-19H2,1-3H3,(H,31,35)/t26-/m1/s1. The molecule has 1 atom stereocenters. The molecule has 0 aromatic heterocycles. The Morgan fingerprint density at radius 3 is 2.21 bits per heavy atom. The van der Waals surface area contributed by atoms with Gasteiger partial charge in [0.2, 0.25) is 11.8 Å². The lowest BCUT2D eigenvalue weighted by Crippen LogP contribution is -2.52. The quantitative estimate of drug-likeness (QED) is 0.340. The van der Waals surface area contributed by atoms with Crippen LogP contribution in [0, 0.1) is 5.82 Å². The molecule has 0 spiro atoms. The molecule has 0 fully saturated rings. The van der Waals surface area contributed by atoms with Crippen molar-refractivity contribution in [1.29, 1.82) is 0 Å². The lowest BCUT2D eigenvalue weighted by molar-refractivity contribution is -0.140. The van der Waals surface area contributed by atoms with E-state index in [9.17, 15) is 22.4 Å². The monoisotopic (exact) mass is 575 g/mol. The third-order valence-corrected chi connectivity index (χ3v) is 8.23. The SMILES string of the molecule is CCNC(=O)[C@@H](CC)N(Cc1ccccc1Cl)C(=O)CN(c1ccc(F)cc1)S(=O)(=O)c1ccc(OC)cc1. The third kappa shape index (κ3) is 7.27. The van der Waals surface area contributed by atoms with E-state index in [0.717, 1.165) is 16.4 Å². The first kappa shape index (κ1) is 29.9. The van der Waals surface area contributed by atoms with E-state index < -0.39 is 34.3 Å². The molecule has 0 unspecified atom stereocenters. The Bertz CT molecular complexity index is 1390. The minimum atomic E-state index is -4.28. The van der Waals surface area contributed by atoms with Gasteiger partial charge < -0.3 is 15.0 Å². The van der Waals surface area contributed by atoms with E-state index in [4.69, 9.17) is 16.3 Å². The number of ether oxygens (including phenoxy) is 1. The van der Waals surface area contributed by atoms with Crippen LogP contribution in [0.3, 0.4) is 0 Å². The highest BCUT2D eigenvalue weighted by Crippen LogP contribution is 2.27. The number of likely N-dealkylation sites (N-methyl/N-ethyl adjacent to an activating group) is 1. The molecule has 208 valence electrons. The molecule has 0 aliphatic rings. The van der Waals surface area contributed by atoms with Crippen LogP contribution in [0.15, 0.2) is 77.7 Å². The number of amides is 2. The van der Waals surface area contributed by atoms with Gasteiger partial charge in [0.05, 0.1) is 17.7 Å². The maximum absolute atomic E-state index is 13.9. The summed E-state index contributed by atoms with van der Waals surface area (Å²) in [5.41, 5.74) is 0.686. The van der Waals surface area contributed by atoms with E-state index in [0.29, 0.717) is 22.9 Å². The van der Waals surface area contributed by atoms with Crippen molar-refractivity contribution in [1.82, 2.24) is 10.2 Å². The lowest BCUT2D eigenvalue weighted by atomic mass is 10.1. The van der Waals surface area contributed by atoms with Crippen LogP contribution in [0.4, 0.5) is 10.1 Å². The van der Waals surface area contributed by atoms with Crippen molar-refractivity contribution in [2.24, 2.45) is 0 Å². The second kappa shape index (κ2) is 13.4. The van der Waals surface area contributed by atoms with E-state index in [1.54, 1.807) is 38.1 Å². The molecule has 0 radical (unpaired) electrons. The average molecular weight is 576 g/mol. The zero-order chi connectivity index (χ0) is 28.6. The number of methoxy groups -OCH3 is 1. The van der Waals surface area contributed by atoms with E-state index in [-0.39, 0.29) is 29.5 Å². The molecular weight excluding hydrogens is 545 g/mol. The molecule has 3 rings (SSSR count). The topological polar surface area (TPSA) is 96.0 Å². The third-order valence-electron chi connectivity index (χ3n) is 6.08. The summed E-state index contributed by atoms with van der Waals surface area (Å²) in [6.45, 7) is 3.23. The van der Waals surface area contributed by atoms with Crippen molar-refractivity contribution in [3.8, 4) is 5.75 Å². The molecular formula is C28H31ClFN3O5S. The van der Waals surface area contributed by atoms with Gasteiger partial charge in [0.25, 0.3) is 10.0 Å². The van der Waals surface area contributed by atoms with E-state index in [2.05, 4.69) is 5.32 Å². The average Bonchev–Trinajstić information content (AvgIpc) is 2.93. The van der Waals surface area contributed by atoms with Crippen molar-refractivity contribution in [3.63, 3.8) is 0 Å². The number of nitrogens with zero attached hydrogens (tertiary/aromatic N) is 2. The Morgan fingerprint density at radius 2 is 1.64 bits per heavy atom. The Balaban J connectivity index is 2.06. The molecule has 2 amide bonds. The fraction of sp³-hybridized carbons (Fsp3) is 0.286. The van der Waals surface area contributed by atoms with E-state index >= 15 is 0 Å². The number of halogens is 2. The summed E-state index contributed by atoms with van der Waals surface area (Å²) in [5.74, 6) is -1.10. The summed E-state index contributed by atoms with van der Waals surface area (Å²) >= 11 is 6.36. The maximum atomic E-state index is 13.9. The zero-order valence-corrected chi connectivity index (χ0v) is 23.5. The minimum absolute atomic E-state index is 0.0199. The molecule has 0 heterocycles. The fourth-order valence-corrected chi connectivity index (χ4v) is 5.64. The highest BCUT2D eigenvalue weighted by atomic mass is 35.5. The van der Waals surface area contributed by atoms with Gasteiger partial charge in [0, 0.05) is 18.1 Å². The Morgan fingerprint density at radius 1 is 1.00 bits per heavy atom. The Labute approximate surface area is 233 Å². The summed E-state index contributed by atoms with van der Waals surface area (Å²) in [4.78, 5) is 28.1. The van der Waals surface area contributed by atoms with Gasteiger partial charge in [-0.05, 0) is 73.5 Å². The van der Waals surface area contributed by atoms with Gasteiger partial charge in [-0.1, -0.05) is 36.7 Å². The highest BCUT2D eigenvalue weighted by molar-refractivity contribution is 7.92. The first-order valence-electron chi connectivity index (χ1n) is 12.3. The van der Waals surface area contributed by atoms with Crippen LogP contribution in [0.1, 0.15) is 25.8 Å². The van der Waals surface area contributed by atoms with Gasteiger partial charge in [-0.15, -0.1) is 0 Å². The number of benzene rings is 3. The van der Waals surface area contributed by atoms with Crippen LogP contribution in [-0.4, -0.2) is 51.4 Å². The van der Waals surface area contributed by atoms with E-state index in [1.165, 1.54) is 48.4 Å². The predicted molar refractivity (Wildman–Crippen MR) is 149 cm³/mol. The smallest absolute Gasteiger partial charge is 0.264 e. The minimum Gasteiger partial charge on any atom is -0.497 e. The van der Waals surface area contributed by atoms with Gasteiger partial charge in [0.15, 0.2) is 0 Å². The number of carbonyl (C=O) groups excluding carboxylic acids is 2. The van der Waals surface area contributed by atoms with Crippen LogP contribution in [-0.2, 0) is 26.2 Å². The molecule has 1 N–H and O–H groups in total. The first-order chi connectivity index (χ1) is 18.6. The molecule has 0 bridgehead atoms. The molecule has 0 aliphatic carbocycles. The Kier molecular flexibility index (Phi) is 10.3. The number of hydrogen-bond acceptors (Lipinski definition) is 5. The number of anilines is 1. The number of rotatable bonds is 12. The van der Waals surface area contributed by atoms with Gasteiger partial charge in [-0.3, -0.25) is 13.9 Å². The second-order valence-electron chi connectivity index (χ2n) is 8.60. The van der Waals surface area contributed by atoms with Crippen molar-refractivity contribution in [2.45, 2.75) is 37.8 Å². The molecule has 3 aromatic rings. The maximum Gasteiger partial charge on any atom is 0.264 e. The molecule has 0 saturated heterocycles. The van der Waals surface area contributed by atoms with Crippen molar-refractivity contribution in [2.75, 3.05) is 24.5 Å². The van der Waals surface area contributed by atoms with Gasteiger partial charge in [-0.25, -0.2) is 12.8 Å². The van der Waals surface area contributed by atoms with Crippen molar-refractivity contribution < 1.29 is 27.1 Å². The second-order valence-corrected chi connectivity index (χ2v) is 10.9. The van der Waals surface area contributed by atoms with Crippen LogP contribution >= 0.6 is 11.6 Å². The largest absolute Gasteiger partial charge is 0.497 e. The first-order valence-corrected chi connectivity index (χ1v) is 14.2. The molecule has 0 saturated carbocycles. The highest BCUT2D eigenvalue weighted by Gasteiger charge is 2.33. The molecule has 8 nitrogen and oxygen atoms in total. The lowest BCUT2D eigenvalue weighted by Gasteiger charge is -2.33. The molecule has 39 heavy (non-hydrogen) atoms. The summed E-state index contributed by atoms with van der Waals surface area (Å²) in [6, 6.07) is 16.5. The number of sulfonamides is 1. The number of nitrogens with one attached hydrogen (secondary N) is 1. The molecule has 11 heteroatoms. The summed E-state index contributed by atoms with van der Waals surface area (Å²) in [7, 11) is -2.83. The van der Waals surface area contributed by atoms with Gasteiger partial charge in [0.1, 0.15) is 24.2 Å². The summed E-state index contributed by atoms with van der Waals surface area (Å²) < 4.78 is 47.3. The van der Waals surface area contributed by atoms with Crippen LogP contribution in [0.25, 0.3) is 0 Å². The molecule has 3 aromatic carbocycles. The predicted octanol–water partition coefficient (Wildman–Crippen LogP) is 4.63. The van der Waals surface area contributed by atoms with Gasteiger partial charge in [-0.2, -0.15) is 0 Å². The number of carbonyl (C=O) groups is 2. The van der Waals surface area contributed by atoms with Crippen LogP contribution in [0.5, 0.6) is 5.75 Å². The summed E-state index contributed by atoms with van der Waals surface area (Å²) in [5, 5.41) is 3.14. The fourth-order valence-electron chi connectivity index (χ4n) is 4.03. The summed E-state index contributed by atoms with van der Waals surface area (Å²) in [6.07, 6.45) is 0.282. The van der Waals surface area contributed by atoms with Gasteiger partial charge >= 0.3 is 0 Å². The number of hydrogen-bond donors (Lipinski definition) is 1. The van der Waals surface area contributed by atoms with Crippen LogP contribution < -0.4 is 14.4 Å². The Hall–Kier alpha value is -3.63. The van der Waals surface area contributed by atoms with Crippen molar-refractivity contribution >= 4 is 39.1 Å².